The molecule has 0 radical (unpaired) electrons. The molecule has 2 aromatic rings. The number of nitrogens with zero attached hydrogens (tertiary/aromatic N) is 3. The monoisotopic (exact) mass is 405 g/mol. The number of anilines is 1. The average molecular weight is 405 g/mol. The fraction of sp³-hybridized carbons (Fsp3) is 0.368. The van der Waals surface area contributed by atoms with Gasteiger partial charge >= 0.3 is 0 Å². The van der Waals surface area contributed by atoms with Gasteiger partial charge in [0.2, 0.25) is 10.0 Å². The molecule has 0 aliphatic carbocycles. The zero-order chi connectivity index (χ0) is 20.3. The predicted octanol–water partition coefficient (Wildman–Crippen LogP) is 2.81. The summed E-state index contributed by atoms with van der Waals surface area (Å²) in [5.74, 6) is -0.0196. The molecule has 1 fully saturated rings. The Kier molecular flexibility index (Phi) is 5.85. The van der Waals surface area contributed by atoms with Gasteiger partial charge in [0.1, 0.15) is 10.6 Å². The molecule has 0 amide bonds. The number of rotatable bonds is 5. The van der Waals surface area contributed by atoms with Crippen molar-refractivity contribution in [1.82, 2.24) is 4.31 Å². The van der Waals surface area contributed by atoms with E-state index in [9.17, 15) is 18.5 Å². The van der Waals surface area contributed by atoms with E-state index < -0.39 is 14.9 Å². The van der Waals surface area contributed by atoms with Crippen LogP contribution in [0.15, 0.2) is 47.4 Å². The van der Waals surface area contributed by atoms with E-state index in [0.717, 1.165) is 18.3 Å². The van der Waals surface area contributed by atoms with Gasteiger partial charge in [-0.05, 0) is 31.5 Å². The van der Waals surface area contributed by atoms with E-state index in [1.807, 2.05) is 31.2 Å². The number of nitro benzene ring substituents is 1. The topological polar surface area (TPSA) is 93.0 Å². The molecule has 28 heavy (non-hydrogen) atoms. The van der Waals surface area contributed by atoms with E-state index in [1.54, 1.807) is 0 Å². The lowest BCUT2D eigenvalue weighted by atomic mass is 10.2. The molecule has 3 rings (SSSR count). The van der Waals surface area contributed by atoms with E-state index in [1.165, 1.54) is 29.1 Å². The second-order valence-electron chi connectivity index (χ2n) is 6.67. The van der Waals surface area contributed by atoms with Gasteiger partial charge in [0.25, 0.3) is 5.69 Å². The van der Waals surface area contributed by atoms with Crippen LogP contribution in [0.25, 0.3) is 0 Å². The summed E-state index contributed by atoms with van der Waals surface area (Å²) in [5, 5.41) is 11.0. The Bertz CT molecular complexity index is 960. The van der Waals surface area contributed by atoms with Gasteiger partial charge in [-0.2, -0.15) is 4.31 Å². The summed E-state index contributed by atoms with van der Waals surface area (Å²) < 4.78 is 32.8. The second-order valence-corrected chi connectivity index (χ2v) is 8.58. The molecule has 1 heterocycles. The van der Waals surface area contributed by atoms with Crippen molar-refractivity contribution >= 4 is 21.4 Å². The molecular weight excluding hydrogens is 382 g/mol. The average Bonchev–Trinajstić information content (AvgIpc) is 2.94. The minimum atomic E-state index is -3.82. The van der Waals surface area contributed by atoms with Crippen LogP contribution in [0, 0.1) is 17.0 Å². The molecule has 0 unspecified atom stereocenters. The van der Waals surface area contributed by atoms with Gasteiger partial charge < -0.3 is 9.64 Å². The highest BCUT2D eigenvalue weighted by molar-refractivity contribution is 7.89. The molecule has 2 aromatic carbocycles. The Morgan fingerprint density at radius 1 is 1.04 bits per heavy atom. The van der Waals surface area contributed by atoms with E-state index in [2.05, 4.69) is 4.90 Å². The number of aryl methyl sites for hydroxylation is 1. The molecule has 1 saturated heterocycles. The molecule has 0 aromatic heterocycles. The summed E-state index contributed by atoms with van der Waals surface area (Å²) in [4.78, 5) is 12.5. The maximum Gasteiger partial charge on any atom is 0.273 e. The number of hydrogen-bond donors (Lipinski definition) is 0. The molecule has 150 valence electrons. The van der Waals surface area contributed by atoms with Gasteiger partial charge in [-0.1, -0.05) is 17.7 Å². The molecule has 0 bridgehead atoms. The van der Waals surface area contributed by atoms with Crippen molar-refractivity contribution in [2.75, 3.05) is 38.2 Å². The van der Waals surface area contributed by atoms with E-state index in [0.29, 0.717) is 26.1 Å². The molecule has 0 atom stereocenters. The third kappa shape index (κ3) is 4.10. The highest BCUT2D eigenvalue weighted by atomic mass is 32.2. The molecule has 1 aliphatic rings. The highest BCUT2D eigenvalue weighted by Crippen LogP contribution is 2.31. The molecule has 0 spiro atoms. The summed E-state index contributed by atoms with van der Waals surface area (Å²) in [6, 6.07) is 11.7. The summed E-state index contributed by atoms with van der Waals surface area (Å²) in [5.41, 5.74) is 2.03. The summed E-state index contributed by atoms with van der Waals surface area (Å²) >= 11 is 0. The van der Waals surface area contributed by atoms with Gasteiger partial charge in [-0.15, -0.1) is 0 Å². The molecule has 0 N–H and O–H groups in total. The second kappa shape index (κ2) is 8.15. The summed E-state index contributed by atoms with van der Waals surface area (Å²) in [6.45, 7) is 4.06. The quantitative estimate of drug-likeness (QED) is 0.561. The number of non-ortho nitro benzene ring substituents is 1. The predicted molar refractivity (Wildman–Crippen MR) is 106 cm³/mol. The summed E-state index contributed by atoms with van der Waals surface area (Å²) in [7, 11) is -2.52. The van der Waals surface area contributed by atoms with E-state index in [4.69, 9.17) is 4.74 Å². The lowest BCUT2D eigenvalue weighted by molar-refractivity contribution is -0.385. The highest BCUT2D eigenvalue weighted by Gasteiger charge is 2.30. The third-order valence-corrected chi connectivity index (χ3v) is 6.77. The minimum absolute atomic E-state index is 0.0196. The number of hydrogen-bond acceptors (Lipinski definition) is 6. The number of sulfonamides is 1. The SMILES string of the molecule is COc1cc([N+](=O)[O-])ccc1S(=O)(=O)N1CCCN(c2ccc(C)cc2)CC1. The Morgan fingerprint density at radius 3 is 2.39 bits per heavy atom. The van der Waals surface area contributed by atoms with Gasteiger partial charge in [0.15, 0.2) is 0 Å². The molecule has 8 nitrogen and oxygen atoms in total. The van der Waals surface area contributed by atoms with Crippen molar-refractivity contribution in [2.45, 2.75) is 18.2 Å². The maximum atomic E-state index is 13.1. The Morgan fingerprint density at radius 2 is 1.75 bits per heavy atom. The first kappa shape index (κ1) is 20.1. The minimum Gasteiger partial charge on any atom is -0.495 e. The van der Waals surface area contributed by atoms with Crippen molar-refractivity contribution < 1.29 is 18.1 Å². The van der Waals surface area contributed by atoms with Crippen LogP contribution in [0.4, 0.5) is 11.4 Å². The van der Waals surface area contributed by atoms with Gasteiger partial charge in [0, 0.05) is 37.9 Å². The van der Waals surface area contributed by atoms with Crippen LogP contribution in [0.2, 0.25) is 0 Å². The van der Waals surface area contributed by atoms with Crippen LogP contribution < -0.4 is 9.64 Å². The van der Waals surface area contributed by atoms with Crippen molar-refractivity contribution in [3.05, 3.63) is 58.1 Å². The fourth-order valence-electron chi connectivity index (χ4n) is 3.27. The largest absolute Gasteiger partial charge is 0.495 e. The van der Waals surface area contributed by atoms with Crippen LogP contribution >= 0.6 is 0 Å². The van der Waals surface area contributed by atoms with Crippen molar-refractivity contribution in [2.24, 2.45) is 0 Å². The van der Waals surface area contributed by atoms with Crippen LogP contribution in [-0.4, -0.2) is 50.9 Å². The first-order valence-electron chi connectivity index (χ1n) is 8.97. The number of ether oxygens (including phenoxy) is 1. The Hall–Kier alpha value is -2.65. The third-order valence-electron chi connectivity index (χ3n) is 4.83. The number of methoxy groups -OCH3 is 1. The normalized spacial score (nSPS) is 15.9. The van der Waals surface area contributed by atoms with E-state index in [-0.39, 0.29) is 16.3 Å². The molecular formula is C19H23N3O5S. The Balaban J connectivity index is 1.83. The van der Waals surface area contributed by atoms with Crippen molar-refractivity contribution in [3.8, 4) is 5.75 Å². The smallest absolute Gasteiger partial charge is 0.273 e. The van der Waals surface area contributed by atoms with Crippen molar-refractivity contribution in [1.29, 1.82) is 0 Å². The maximum absolute atomic E-state index is 13.1. The van der Waals surface area contributed by atoms with E-state index >= 15 is 0 Å². The standard InChI is InChI=1S/C19H23N3O5S/c1-15-4-6-16(7-5-15)20-10-3-11-21(13-12-20)28(25,26)19-9-8-17(22(23)24)14-18(19)27-2/h4-9,14H,3,10-13H2,1-2H3. The lowest BCUT2D eigenvalue weighted by Crippen LogP contribution is -2.35. The fourth-order valence-corrected chi connectivity index (χ4v) is 4.88. The van der Waals surface area contributed by atoms with Crippen LogP contribution in [0.3, 0.4) is 0 Å². The van der Waals surface area contributed by atoms with Gasteiger partial charge in [-0.25, -0.2) is 8.42 Å². The summed E-state index contributed by atoms with van der Waals surface area (Å²) in [6.07, 6.45) is 0.683. The molecule has 0 saturated carbocycles. The molecule has 9 heteroatoms. The number of nitro groups is 1. The van der Waals surface area contributed by atoms with Crippen LogP contribution in [0.1, 0.15) is 12.0 Å². The zero-order valence-electron chi connectivity index (χ0n) is 15.9. The van der Waals surface area contributed by atoms with Crippen molar-refractivity contribution in [3.63, 3.8) is 0 Å². The zero-order valence-corrected chi connectivity index (χ0v) is 16.7. The first-order chi connectivity index (χ1) is 13.3. The first-order valence-corrected chi connectivity index (χ1v) is 10.4. The lowest BCUT2D eigenvalue weighted by Gasteiger charge is -2.24. The van der Waals surface area contributed by atoms with Gasteiger partial charge in [0.05, 0.1) is 18.1 Å². The van der Waals surface area contributed by atoms with Crippen LogP contribution in [0.5, 0.6) is 5.75 Å². The number of benzene rings is 2. The van der Waals surface area contributed by atoms with Gasteiger partial charge in [-0.3, -0.25) is 10.1 Å². The van der Waals surface area contributed by atoms with Crippen LogP contribution in [-0.2, 0) is 10.0 Å². The Labute approximate surface area is 164 Å². The molecule has 1 aliphatic heterocycles.